The first-order valence-electron chi connectivity index (χ1n) is 7.85. The maximum Gasteiger partial charge on any atom is 0.338 e. The van der Waals surface area contributed by atoms with Crippen molar-refractivity contribution < 1.29 is 28.5 Å². The number of hydrogen-bond donors (Lipinski definition) is 0. The quantitative estimate of drug-likeness (QED) is 0.456. The first-order chi connectivity index (χ1) is 11.6. The molecule has 0 fully saturated rings. The van der Waals surface area contributed by atoms with Crippen LogP contribution < -0.4 is 0 Å². The summed E-state index contributed by atoms with van der Waals surface area (Å²) in [5, 5.41) is 0. The van der Waals surface area contributed by atoms with E-state index >= 15 is 0 Å². The van der Waals surface area contributed by atoms with Crippen LogP contribution in [0.3, 0.4) is 0 Å². The van der Waals surface area contributed by atoms with Crippen LogP contribution in [0.1, 0.15) is 19.4 Å². The van der Waals surface area contributed by atoms with E-state index in [2.05, 4.69) is 6.58 Å². The normalized spacial score (nSPS) is 12.9. The molecule has 2 atom stereocenters. The van der Waals surface area contributed by atoms with Gasteiger partial charge < -0.3 is 18.9 Å². The van der Waals surface area contributed by atoms with Gasteiger partial charge >= 0.3 is 11.9 Å². The van der Waals surface area contributed by atoms with Crippen molar-refractivity contribution in [1.82, 2.24) is 0 Å². The van der Waals surface area contributed by atoms with Crippen LogP contribution in [-0.2, 0) is 35.1 Å². The molecule has 6 nitrogen and oxygen atoms in total. The second-order valence-corrected chi connectivity index (χ2v) is 4.76. The maximum atomic E-state index is 12.2. The second-order valence-electron chi connectivity index (χ2n) is 4.76. The van der Waals surface area contributed by atoms with Gasteiger partial charge in [0, 0.05) is 0 Å². The Kier molecular flexibility index (Phi) is 9.41. The van der Waals surface area contributed by atoms with Crippen LogP contribution >= 0.6 is 0 Å². The van der Waals surface area contributed by atoms with E-state index in [1.54, 1.807) is 13.8 Å². The van der Waals surface area contributed by atoms with Gasteiger partial charge in [0.25, 0.3) is 0 Å². The van der Waals surface area contributed by atoms with Crippen molar-refractivity contribution in [3.8, 4) is 0 Å². The van der Waals surface area contributed by atoms with Crippen LogP contribution in [0.15, 0.2) is 43.0 Å². The lowest BCUT2D eigenvalue weighted by molar-refractivity contribution is -0.183. The molecule has 1 aromatic rings. The number of rotatable bonds is 11. The first kappa shape index (κ1) is 19.9. The van der Waals surface area contributed by atoms with Gasteiger partial charge in [0.2, 0.25) is 0 Å². The largest absolute Gasteiger partial charge is 0.464 e. The third kappa shape index (κ3) is 6.52. The Morgan fingerprint density at radius 2 is 1.54 bits per heavy atom. The average Bonchev–Trinajstić information content (AvgIpc) is 2.59. The van der Waals surface area contributed by atoms with E-state index in [9.17, 15) is 9.59 Å². The number of carbonyl (C=O) groups is 2. The van der Waals surface area contributed by atoms with Gasteiger partial charge in [-0.1, -0.05) is 36.4 Å². The summed E-state index contributed by atoms with van der Waals surface area (Å²) >= 11 is 0. The Bertz CT molecular complexity index is 514. The zero-order valence-electron chi connectivity index (χ0n) is 14.1. The molecule has 6 heteroatoms. The molecule has 0 aliphatic heterocycles. The highest BCUT2D eigenvalue weighted by Crippen LogP contribution is 2.13. The fraction of sp³-hybridized carbons (Fsp3) is 0.444. The number of benzene rings is 1. The highest BCUT2D eigenvalue weighted by Gasteiger charge is 2.38. The standard InChI is InChI=1S/C18H24O6/c1-4-12-23-15(17(19)21-5-2)16(18(20)22-6-3)24-13-14-10-8-7-9-11-14/h4,7-11,15-16H,1,5-6,12-13H2,2-3H3/t15-,16-/m1/s1. The minimum Gasteiger partial charge on any atom is -0.464 e. The molecule has 0 radical (unpaired) electrons. The smallest absolute Gasteiger partial charge is 0.338 e. The molecule has 1 aromatic carbocycles. The van der Waals surface area contributed by atoms with Crippen molar-refractivity contribution in [3.05, 3.63) is 48.6 Å². The zero-order valence-corrected chi connectivity index (χ0v) is 14.1. The van der Waals surface area contributed by atoms with Crippen LogP contribution in [0.25, 0.3) is 0 Å². The molecule has 0 unspecified atom stereocenters. The zero-order chi connectivity index (χ0) is 17.8. The van der Waals surface area contributed by atoms with Crippen LogP contribution in [0.5, 0.6) is 0 Å². The van der Waals surface area contributed by atoms with Crippen LogP contribution in [0.2, 0.25) is 0 Å². The summed E-state index contributed by atoms with van der Waals surface area (Å²) in [5.41, 5.74) is 0.859. The van der Waals surface area contributed by atoms with Crippen LogP contribution in [-0.4, -0.2) is 44.0 Å². The molecule has 0 bridgehead atoms. The van der Waals surface area contributed by atoms with Gasteiger partial charge in [-0.3, -0.25) is 0 Å². The Labute approximate surface area is 142 Å². The molecule has 0 amide bonds. The molecule has 0 saturated carbocycles. The molecule has 132 valence electrons. The summed E-state index contributed by atoms with van der Waals surface area (Å²) in [5.74, 6) is -1.35. The molecular formula is C18H24O6. The van der Waals surface area contributed by atoms with E-state index in [-0.39, 0.29) is 26.4 Å². The number of esters is 2. The van der Waals surface area contributed by atoms with Gasteiger partial charge in [0.05, 0.1) is 26.4 Å². The highest BCUT2D eigenvalue weighted by molar-refractivity contribution is 5.85. The van der Waals surface area contributed by atoms with Crippen molar-refractivity contribution in [1.29, 1.82) is 0 Å². The lowest BCUT2D eigenvalue weighted by atomic mass is 10.2. The summed E-state index contributed by atoms with van der Waals surface area (Å²) < 4.78 is 21.0. The van der Waals surface area contributed by atoms with Gasteiger partial charge in [0.15, 0.2) is 12.2 Å². The lowest BCUT2D eigenvalue weighted by Crippen LogP contribution is -2.45. The fourth-order valence-electron chi connectivity index (χ4n) is 1.94. The fourth-order valence-corrected chi connectivity index (χ4v) is 1.94. The minimum absolute atomic E-state index is 0.0775. The summed E-state index contributed by atoms with van der Waals surface area (Å²) in [7, 11) is 0. The monoisotopic (exact) mass is 336 g/mol. The first-order valence-corrected chi connectivity index (χ1v) is 7.85. The maximum absolute atomic E-state index is 12.2. The van der Waals surface area contributed by atoms with Crippen molar-refractivity contribution in [2.24, 2.45) is 0 Å². The van der Waals surface area contributed by atoms with Crippen molar-refractivity contribution in [3.63, 3.8) is 0 Å². The number of hydrogen-bond acceptors (Lipinski definition) is 6. The van der Waals surface area contributed by atoms with Gasteiger partial charge in [-0.25, -0.2) is 9.59 Å². The van der Waals surface area contributed by atoms with Crippen LogP contribution in [0, 0.1) is 0 Å². The van der Waals surface area contributed by atoms with E-state index < -0.39 is 24.1 Å². The molecule has 0 spiro atoms. The van der Waals surface area contributed by atoms with Crippen LogP contribution in [0.4, 0.5) is 0 Å². The van der Waals surface area contributed by atoms with Gasteiger partial charge in [-0.05, 0) is 19.4 Å². The van der Waals surface area contributed by atoms with E-state index in [0.29, 0.717) is 0 Å². The molecule has 0 aliphatic rings. The topological polar surface area (TPSA) is 71.1 Å². The Hall–Kier alpha value is -2.18. The predicted molar refractivity (Wildman–Crippen MR) is 88.2 cm³/mol. The summed E-state index contributed by atoms with van der Waals surface area (Å²) in [6, 6.07) is 9.30. The lowest BCUT2D eigenvalue weighted by Gasteiger charge is -2.24. The summed E-state index contributed by atoms with van der Waals surface area (Å²) in [4.78, 5) is 24.4. The van der Waals surface area contributed by atoms with E-state index in [4.69, 9.17) is 18.9 Å². The van der Waals surface area contributed by atoms with Crippen molar-refractivity contribution in [2.75, 3.05) is 19.8 Å². The highest BCUT2D eigenvalue weighted by atomic mass is 16.6. The molecule has 0 N–H and O–H groups in total. The van der Waals surface area contributed by atoms with Gasteiger partial charge in [0.1, 0.15) is 0 Å². The predicted octanol–water partition coefficient (Wildman–Crippen LogP) is 2.27. The summed E-state index contributed by atoms with van der Waals surface area (Å²) in [6.07, 6.45) is -0.957. The van der Waals surface area contributed by atoms with Gasteiger partial charge in [-0.15, -0.1) is 6.58 Å². The molecule has 0 saturated heterocycles. The second kappa shape index (κ2) is 11.4. The Balaban J connectivity index is 2.90. The third-order valence-electron chi connectivity index (χ3n) is 2.98. The Morgan fingerprint density at radius 1 is 1.00 bits per heavy atom. The number of carbonyl (C=O) groups excluding carboxylic acids is 2. The Morgan fingerprint density at radius 3 is 2.04 bits per heavy atom. The minimum atomic E-state index is -1.22. The van der Waals surface area contributed by atoms with Crippen molar-refractivity contribution in [2.45, 2.75) is 32.7 Å². The molecule has 0 aliphatic carbocycles. The molecule has 0 aromatic heterocycles. The number of ether oxygens (including phenoxy) is 4. The van der Waals surface area contributed by atoms with E-state index in [1.165, 1.54) is 6.08 Å². The third-order valence-corrected chi connectivity index (χ3v) is 2.98. The van der Waals surface area contributed by atoms with E-state index in [1.807, 2.05) is 30.3 Å². The molecular weight excluding hydrogens is 312 g/mol. The van der Waals surface area contributed by atoms with Crippen molar-refractivity contribution >= 4 is 11.9 Å². The SMILES string of the molecule is C=CCO[C@@H](C(=O)OCC)[C@@H](OCc1ccccc1)C(=O)OCC. The molecule has 0 heterocycles. The van der Waals surface area contributed by atoms with E-state index in [0.717, 1.165) is 5.56 Å². The average molecular weight is 336 g/mol. The molecule has 24 heavy (non-hydrogen) atoms. The van der Waals surface area contributed by atoms with Gasteiger partial charge in [-0.2, -0.15) is 0 Å². The summed E-state index contributed by atoms with van der Waals surface area (Å²) in [6.45, 7) is 7.44. The molecule has 1 rings (SSSR count).